The number of nitrogens with one attached hydrogen (secondary N) is 3. The van der Waals surface area contributed by atoms with Crippen LogP contribution in [0.1, 0.15) is 5.69 Å². The summed E-state index contributed by atoms with van der Waals surface area (Å²) in [5, 5.41) is 4.97. The minimum Gasteiger partial charge on any atom is -0.462 e. The number of hydrogen-bond acceptors (Lipinski definition) is 7. The molecule has 0 aliphatic rings. The van der Waals surface area contributed by atoms with Crippen molar-refractivity contribution in [3.63, 3.8) is 0 Å². The second-order valence-corrected chi connectivity index (χ2v) is 6.48. The summed E-state index contributed by atoms with van der Waals surface area (Å²) in [4.78, 5) is 43.3. The van der Waals surface area contributed by atoms with Crippen LogP contribution in [0.5, 0.6) is 11.5 Å². The summed E-state index contributed by atoms with van der Waals surface area (Å²) in [6, 6.07) is 16.0. The molecule has 10 heteroatoms. The van der Waals surface area contributed by atoms with Crippen molar-refractivity contribution in [2.24, 2.45) is 0 Å². The van der Waals surface area contributed by atoms with Crippen LogP contribution in [0.25, 0.3) is 0 Å². The number of aromatic nitrogens is 2. The number of imidazole rings is 1. The van der Waals surface area contributed by atoms with Crippen LogP contribution in [-0.2, 0) is 16.0 Å². The van der Waals surface area contributed by atoms with Crippen LogP contribution in [0.4, 0.5) is 9.59 Å². The van der Waals surface area contributed by atoms with Crippen molar-refractivity contribution in [3.05, 3.63) is 78.9 Å². The van der Waals surface area contributed by atoms with Gasteiger partial charge in [0.25, 0.3) is 0 Å². The smallest absolute Gasteiger partial charge is 0.413 e. The number of H-pyrrole nitrogens is 1. The van der Waals surface area contributed by atoms with E-state index in [-0.39, 0.29) is 19.6 Å². The van der Waals surface area contributed by atoms with Gasteiger partial charge in [-0.1, -0.05) is 36.4 Å². The molecule has 0 spiro atoms. The quantitative estimate of drug-likeness (QED) is 0.345. The van der Waals surface area contributed by atoms with Crippen LogP contribution in [0.3, 0.4) is 0 Å². The highest BCUT2D eigenvalue weighted by atomic mass is 16.6. The number of carbonyl (C=O) groups is 3. The van der Waals surface area contributed by atoms with E-state index in [9.17, 15) is 14.4 Å². The molecule has 0 aliphatic carbocycles. The van der Waals surface area contributed by atoms with Gasteiger partial charge in [-0.25, -0.2) is 19.4 Å². The van der Waals surface area contributed by atoms with Crippen molar-refractivity contribution in [2.45, 2.75) is 12.5 Å². The summed E-state index contributed by atoms with van der Waals surface area (Å²) < 4.78 is 15.4. The van der Waals surface area contributed by atoms with Crippen molar-refractivity contribution in [1.29, 1.82) is 0 Å². The summed E-state index contributed by atoms with van der Waals surface area (Å²) >= 11 is 0. The third-order valence-electron chi connectivity index (χ3n) is 4.08. The molecule has 1 atom stereocenters. The van der Waals surface area contributed by atoms with E-state index < -0.39 is 24.2 Å². The fourth-order valence-corrected chi connectivity index (χ4v) is 2.61. The second kappa shape index (κ2) is 11.7. The van der Waals surface area contributed by atoms with E-state index >= 15 is 0 Å². The molecule has 10 nitrogen and oxygen atoms in total. The van der Waals surface area contributed by atoms with Crippen LogP contribution < -0.4 is 20.1 Å². The molecule has 2 amide bonds. The van der Waals surface area contributed by atoms with Crippen molar-refractivity contribution >= 4 is 18.2 Å². The molecule has 166 valence electrons. The molecule has 0 fully saturated rings. The molecular formula is C22H22N4O6. The summed E-state index contributed by atoms with van der Waals surface area (Å²) in [6.07, 6.45) is 1.63. The number of rotatable bonds is 9. The fraction of sp³-hybridized carbons (Fsp3) is 0.182. The molecule has 3 aromatic rings. The highest BCUT2D eigenvalue weighted by Crippen LogP contribution is 2.10. The largest absolute Gasteiger partial charge is 0.462 e. The van der Waals surface area contributed by atoms with E-state index in [1.807, 2.05) is 0 Å². The molecule has 3 rings (SSSR count). The summed E-state index contributed by atoms with van der Waals surface area (Å²) in [6.45, 7) is -0.0831. The molecule has 1 aromatic heterocycles. The Morgan fingerprint density at radius 3 is 2.12 bits per heavy atom. The molecule has 0 bridgehead atoms. The van der Waals surface area contributed by atoms with Gasteiger partial charge < -0.3 is 29.8 Å². The molecule has 32 heavy (non-hydrogen) atoms. The number of ether oxygens (including phenoxy) is 3. The summed E-state index contributed by atoms with van der Waals surface area (Å²) in [5.41, 5.74) is 0.622. The predicted molar refractivity (Wildman–Crippen MR) is 113 cm³/mol. The topological polar surface area (TPSA) is 132 Å². The Morgan fingerprint density at radius 1 is 0.906 bits per heavy atom. The molecule has 0 saturated carbocycles. The Kier molecular flexibility index (Phi) is 8.20. The minimum atomic E-state index is -1.03. The number of benzene rings is 2. The lowest BCUT2D eigenvalue weighted by molar-refractivity contribution is -0.145. The number of para-hydroxylation sites is 2. The molecule has 0 radical (unpaired) electrons. The van der Waals surface area contributed by atoms with Gasteiger partial charge in [-0.05, 0) is 24.3 Å². The third kappa shape index (κ3) is 7.48. The zero-order valence-electron chi connectivity index (χ0n) is 17.0. The van der Waals surface area contributed by atoms with Crippen LogP contribution in [0.2, 0.25) is 0 Å². The number of aromatic amines is 1. The summed E-state index contributed by atoms with van der Waals surface area (Å²) in [5.74, 6) is 0.0327. The number of carbonyl (C=O) groups excluding carboxylic acids is 3. The van der Waals surface area contributed by atoms with Gasteiger partial charge in [0, 0.05) is 18.3 Å². The standard InChI is InChI=1S/C22H22N4O6/c27-20(30-12-11-24-21(28)31-17-7-3-1-4-8-17)19(13-16-14-23-15-25-16)26-22(29)32-18-9-5-2-6-10-18/h1-10,14-15,19H,11-13H2,(H,23,25)(H,24,28)(H,26,29). The first kappa shape index (κ1) is 22.3. The maximum atomic E-state index is 12.5. The monoisotopic (exact) mass is 438 g/mol. The number of hydrogen-bond donors (Lipinski definition) is 3. The number of amides is 2. The first-order chi connectivity index (χ1) is 15.6. The molecule has 1 unspecified atom stereocenters. The first-order valence-corrected chi connectivity index (χ1v) is 9.78. The van der Waals surface area contributed by atoms with Gasteiger partial charge >= 0.3 is 18.2 Å². The first-order valence-electron chi connectivity index (χ1n) is 9.78. The Labute approximate surface area is 183 Å². The predicted octanol–water partition coefficient (Wildman–Crippen LogP) is 2.44. The fourth-order valence-electron chi connectivity index (χ4n) is 2.61. The van der Waals surface area contributed by atoms with Gasteiger partial charge in [0.05, 0.1) is 12.9 Å². The van der Waals surface area contributed by atoms with Crippen LogP contribution in [0.15, 0.2) is 73.2 Å². The van der Waals surface area contributed by atoms with Crippen molar-refractivity contribution < 1.29 is 28.6 Å². The third-order valence-corrected chi connectivity index (χ3v) is 4.08. The molecule has 1 heterocycles. The summed E-state index contributed by atoms with van der Waals surface area (Å²) in [7, 11) is 0. The van der Waals surface area contributed by atoms with Crippen LogP contribution in [0, 0.1) is 0 Å². The average molecular weight is 438 g/mol. The van der Waals surface area contributed by atoms with Gasteiger partial charge in [0.1, 0.15) is 24.1 Å². The maximum Gasteiger partial charge on any atom is 0.413 e. The second-order valence-electron chi connectivity index (χ2n) is 6.48. The average Bonchev–Trinajstić information content (AvgIpc) is 3.31. The zero-order valence-corrected chi connectivity index (χ0v) is 17.0. The molecular weight excluding hydrogens is 416 g/mol. The molecule has 0 aliphatic heterocycles. The van der Waals surface area contributed by atoms with Gasteiger partial charge in [-0.2, -0.15) is 0 Å². The highest BCUT2D eigenvalue weighted by molar-refractivity contribution is 5.82. The highest BCUT2D eigenvalue weighted by Gasteiger charge is 2.24. The van der Waals surface area contributed by atoms with E-state index in [2.05, 4.69) is 20.6 Å². The Balaban J connectivity index is 1.47. The van der Waals surface area contributed by atoms with Gasteiger partial charge in [0.15, 0.2) is 0 Å². The van der Waals surface area contributed by atoms with Crippen molar-refractivity contribution in [2.75, 3.05) is 13.2 Å². The van der Waals surface area contributed by atoms with Crippen molar-refractivity contribution in [1.82, 2.24) is 20.6 Å². The number of esters is 1. The Morgan fingerprint density at radius 2 is 1.53 bits per heavy atom. The van der Waals surface area contributed by atoms with Crippen molar-refractivity contribution in [3.8, 4) is 11.5 Å². The van der Waals surface area contributed by atoms with E-state index in [0.29, 0.717) is 17.2 Å². The lowest BCUT2D eigenvalue weighted by Crippen LogP contribution is -2.45. The zero-order chi connectivity index (χ0) is 22.6. The van der Waals surface area contributed by atoms with E-state index in [1.54, 1.807) is 60.7 Å². The van der Waals surface area contributed by atoms with Gasteiger partial charge in [-0.3, -0.25) is 0 Å². The van der Waals surface area contributed by atoms with Gasteiger partial charge in [0.2, 0.25) is 0 Å². The maximum absolute atomic E-state index is 12.5. The molecule has 0 saturated heterocycles. The van der Waals surface area contributed by atoms with Gasteiger partial charge in [-0.15, -0.1) is 0 Å². The normalized spacial score (nSPS) is 11.1. The van der Waals surface area contributed by atoms with E-state index in [0.717, 1.165) is 0 Å². The lowest BCUT2D eigenvalue weighted by atomic mass is 10.1. The lowest BCUT2D eigenvalue weighted by Gasteiger charge is -2.17. The minimum absolute atomic E-state index is 0.0304. The van der Waals surface area contributed by atoms with Crippen LogP contribution >= 0.6 is 0 Å². The SMILES string of the molecule is O=C(NCCOC(=O)C(Cc1cnc[nH]1)NC(=O)Oc1ccccc1)Oc1ccccc1. The Hall–Kier alpha value is -4.34. The number of nitrogens with zero attached hydrogens (tertiary/aromatic N) is 1. The molecule has 2 aromatic carbocycles. The molecule has 3 N–H and O–H groups in total. The van der Waals surface area contributed by atoms with E-state index in [1.165, 1.54) is 12.5 Å². The Bertz CT molecular complexity index is 996. The van der Waals surface area contributed by atoms with Crippen LogP contribution in [-0.4, -0.2) is 47.3 Å². The van der Waals surface area contributed by atoms with E-state index in [4.69, 9.17) is 14.2 Å².